The highest BCUT2D eigenvalue weighted by atomic mass is 19.3. The zero-order valence-corrected chi connectivity index (χ0v) is 18.4. The van der Waals surface area contributed by atoms with Crippen molar-refractivity contribution in [2.75, 3.05) is 19.6 Å². The maximum Gasteiger partial charge on any atom is 0.387 e. The summed E-state index contributed by atoms with van der Waals surface area (Å²) in [6.07, 6.45) is 4.62. The van der Waals surface area contributed by atoms with Crippen molar-refractivity contribution in [3.63, 3.8) is 0 Å². The van der Waals surface area contributed by atoms with Crippen molar-refractivity contribution in [3.05, 3.63) is 23.8 Å². The Morgan fingerprint density at radius 3 is 2.48 bits per heavy atom. The van der Waals surface area contributed by atoms with Gasteiger partial charge >= 0.3 is 13.2 Å². The third kappa shape index (κ3) is 7.21. The first-order valence-corrected chi connectivity index (χ1v) is 11.1. The van der Waals surface area contributed by atoms with Gasteiger partial charge in [0.2, 0.25) is 5.91 Å². The quantitative estimate of drug-likeness (QED) is 0.508. The number of amides is 2. The smallest absolute Gasteiger partial charge is 0.387 e. The minimum absolute atomic E-state index is 0.00901. The SMILES string of the molecule is C[C@@H]1CCCN1C(=O)CN[C@@H]1CC[C@H](CNC(=O)c2ccc(OC(F)F)c(OC(F)F)c2)C1. The third-order valence-corrected chi connectivity index (χ3v) is 6.15. The predicted molar refractivity (Wildman–Crippen MR) is 112 cm³/mol. The summed E-state index contributed by atoms with van der Waals surface area (Å²) in [6.45, 7) is -2.95. The molecule has 3 atom stereocenters. The molecule has 1 aliphatic carbocycles. The van der Waals surface area contributed by atoms with Gasteiger partial charge in [-0.3, -0.25) is 9.59 Å². The second kappa shape index (κ2) is 11.5. The first kappa shape index (κ1) is 25.1. The lowest BCUT2D eigenvalue weighted by Gasteiger charge is -2.23. The number of ether oxygens (including phenoxy) is 2. The zero-order chi connectivity index (χ0) is 24.0. The Kier molecular flexibility index (Phi) is 8.76. The predicted octanol–water partition coefficient (Wildman–Crippen LogP) is 3.39. The molecule has 1 saturated carbocycles. The molecular weight excluding hydrogens is 446 g/mol. The van der Waals surface area contributed by atoms with Crippen LogP contribution in [0.1, 0.15) is 49.4 Å². The third-order valence-electron chi connectivity index (χ3n) is 6.15. The van der Waals surface area contributed by atoms with E-state index in [1.54, 1.807) is 0 Å². The van der Waals surface area contributed by atoms with Gasteiger partial charge in [0.05, 0.1) is 6.54 Å². The van der Waals surface area contributed by atoms with E-state index in [2.05, 4.69) is 27.0 Å². The van der Waals surface area contributed by atoms with E-state index in [4.69, 9.17) is 0 Å². The van der Waals surface area contributed by atoms with Crippen molar-refractivity contribution < 1.29 is 36.6 Å². The number of hydrogen-bond donors (Lipinski definition) is 2. The Morgan fingerprint density at radius 1 is 1.09 bits per heavy atom. The average molecular weight is 475 g/mol. The number of likely N-dealkylation sites (tertiary alicyclic amines) is 1. The second-order valence-electron chi connectivity index (χ2n) is 8.46. The molecule has 1 heterocycles. The van der Waals surface area contributed by atoms with Gasteiger partial charge in [-0.05, 0) is 63.1 Å². The molecule has 0 aromatic heterocycles. The van der Waals surface area contributed by atoms with Crippen molar-refractivity contribution in [3.8, 4) is 11.5 Å². The highest BCUT2D eigenvalue weighted by Crippen LogP contribution is 2.31. The minimum atomic E-state index is -3.26. The monoisotopic (exact) mass is 475 g/mol. The Bertz CT molecular complexity index is 827. The second-order valence-corrected chi connectivity index (χ2v) is 8.46. The normalized spacial score (nSPS) is 22.8. The molecule has 1 aromatic carbocycles. The molecule has 1 aliphatic heterocycles. The van der Waals surface area contributed by atoms with E-state index in [-0.39, 0.29) is 29.5 Å². The zero-order valence-electron chi connectivity index (χ0n) is 18.4. The number of nitrogens with one attached hydrogen (secondary N) is 2. The van der Waals surface area contributed by atoms with Crippen LogP contribution in [0.3, 0.4) is 0 Å². The van der Waals surface area contributed by atoms with Crippen LogP contribution >= 0.6 is 0 Å². The van der Waals surface area contributed by atoms with Crippen LogP contribution in [-0.2, 0) is 4.79 Å². The van der Waals surface area contributed by atoms with Crippen LogP contribution in [0.15, 0.2) is 18.2 Å². The standard InChI is InChI=1S/C22H29F4N3O4/c1-13-3-2-8-29(13)19(30)12-27-16-6-4-14(9-16)11-28-20(31)15-5-7-17(32-21(23)24)18(10-15)33-22(25)26/h5,7,10,13-14,16,21-22,27H,2-4,6,8-9,11-12H2,1H3,(H,28,31)/t13-,14+,16-/m1/s1. The van der Waals surface area contributed by atoms with Gasteiger partial charge in [-0.25, -0.2) is 0 Å². The van der Waals surface area contributed by atoms with Crippen LogP contribution in [0.2, 0.25) is 0 Å². The molecule has 0 spiro atoms. The summed E-state index contributed by atoms with van der Waals surface area (Å²) in [5.41, 5.74) is -0.00901. The number of carbonyl (C=O) groups is 2. The van der Waals surface area contributed by atoms with Crippen molar-refractivity contribution in [1.29, 1.82) is 0 Å². The number of halogens is 4. The van der Waals surface area contributed by atoms with E-state index in [9.17, 15) is 27.2 Å². The molecule has 2 N–H and O–H groups in total. The highest BCUT2D eigenvalue weighted by molar-refractivity contribution is 5.94. The summed E-state index contributed by atoms with van der Waals surface area (Å²) in [5.74, 6) is -1.44. The minimum Gasteiger partial charge on any atom is -0.431 e. The number of benzene rings is 1. The van der Waals surface area contributed by atoms with Crippen molar-refractivity contribution in [2.45, 2.75) is 64.3 Å². The fraction of sp³-hybridized carbons (Fsp3) is 0.636. The van der Waals surface area contributed by atoms with Crippen LogP contribution < -0.4 is 20.1 Å². The van der Waals surface area contributed by atoms with Gasteiger partial charge in [-0.15, -0.1) is 0 Å². The van der Waals surface area contributed by atoms with Crippen LogP contribution in [-0.4, -0.2) is 61.7 Å². The van der Waals surface area contributed by atoms with E-state index in [1.165, 1.54) is 6.07 Å². The van der Waals surface area contributed by atoms with Gasteiger partial charge in [0.25, 0.3) is 5.91 Å². The van der Waals surface area contributed by atoms with E-state index in [1.807, 2.05) is 4.90 Å². The Morgan fingerprint density at radius 2 is 1.82 bits per heavy atom. The number of alkyl halides is 4. The van der Waals surface area contributed by atoms with Gasteiger partial charge in [0, 0.05) is 30.7 Å². The fourth-order valence-corrected chi connectivity index (χ4v) is 4.45. The molecule has 11 heteroatoms. The molecule has 0 radical (unpaired) electrons. The largest absolute Gasteiger partial charge is 0.431 e. The highest BCUT2D eigenvalue weighted by Gasteiger charge is 2.28. The van der Waals surface area contributed by atoms with Gasteiger partial charge in [0.1, 0.15) is 0 Å². The lowest BCUT2D eigenvalue weighted by Crippen LogP contribution is -2.42. The molecule has 3 rings (SSSR count). The molecule has 2 aliphatic rings. The first-order chi connectivity index (χ1) is 15.7. The summed E-state index contributed by atoms with van der Waals surface area (Å²) in [5, 5.41) is 6.05. The first-order valence-electron chi connectivity index (χ1n) is 11.1. The maximum atomic E-state index is 12.6. The van der Waals surface area contributed by atoms with Gasteiger partial charge < -0.3 is 25.0 Å². The topological polar surface area (TPSA) is 79.9 Å². The molecule has 7 nitrogen and oxygen atoms in total. The average Bonchev–Trinajstić information content (AvgIpc) is 3.39. The van der Waals surface area contributed by atoms with Crippen molar-refractivity contribution in [1.82, 2.24) is 15.5 Å². The van der Waals surface area contributed by atoms with E-state index in [0.29, 0.717) is 13.1 Å². The number of rotatable bonds is 10. The molecule has 0 unspecified atom stereocenters. The summed E-state index contributed by atoms with van der Waals surface area (Å²) >= 11 is 0. The molecule has 2 amide bonds. The van der Waals surface area contributed by atoms with E-state index < -0.39 is 30.6 Å². The van der Waals surface area contributed by atoms with Crippen molar-refractivity contribution >= 4 is 11.8 Å². The Balaban J connectivity index is 1.46. The summed E-state index contributed by atoms with van der Waals surface area (Å²) in [7, 11) is 0. The molecule has 0 bridgehead atoms. The molecule has 1 aromatic rings. The number of hydrogen-bond acceptors (Lipinski definition) is 5. The van der Waals surface area contributed by atoms with Gasteiger partial charge in [-0.1, -0.05) is 0 Å². The number of carbonyl (C=O) groups excluding carboxylic acids is 2. The molecule has 33 heavy (non-hydrogen) atoms. The molecular formula is C22H29F4N3O4. The van der Waals surface area contributed by atoms with E-state index in [0.717, 1.165) is 50.8 Å². The van der Waals surface area contributed by atoms with Crippen LogP contribution in [0.25, 0.3) is 0 Å². The summed E-state index contributed by atoms with van der Waals surface area (Å²) in [6, 6.07) is 3.62. The maximum absolute atomic E-state index is 12.6. The van der Waals surface area contributed by atoms with Crippen LogP contribution in [0, 0.1) is 5.92 Å². The molecule has 2 fully saturated rings. The van der Waals surface area contributed by atoms with E-state index >= 15 is 0 Å². The fourth-order valence-electron chi connectivity index (χ4n) is 4.45. The summed E-state index contributed by atoms with van der Waals surface area (Å²) < 4.78 is 58.4. The lowest BCUT2D eigenvalue weighted by atomic mass is 10.1. The van der Waals surface area contributed by atoms with Gasteiger partial charge in [0.15, 0.2) is 11.5 Å². The van der Waals surface area contributed by atoms with Gasteiger partial charge in [-0.2, -0.15) is 17.6 Å². The summed E-state index contributed by atoms with van der Waals surface area (Å²) in [4.78, 5) is 26.7. The Labute approximate surface area is 189 Å². The van der Waals surface area contributed by atoms with Crippen LogP contribution in [0.5, 0.6) is 11.5 Å². The van der Waals surface area contributed by atoms with Crippen molar-refractivity contribution in [2.24, 2.45) is 5.92 Å². The number of nitrogens with zero attached hydrogens (tertiary/aromatic N) is 1. The Hall–Kier alpha value is -2.56. The lowest BCUT2D eigenvalue weighted by molar-refractivity contribution is -0.130. The molecule has 1 saturated heterocycles. The molecule has 184 valence electrons. The van der Waals surface area contributed by atoms with Crippen LogP contribution in [0.4, 0.5) is 17.6 Å².